The molecule has 3 heteroatoms. The van der Waals surface area contributed by atoms with Crippen LogP contribution in [0.3, 0.4) is 0 Å². The van der Waals surface area contributed by atoms with E-state index >= 15 is 0 Å². The summed E-state index contributed by atoms with van der Waals surface area (Å²) in [6.07, 6.45) is 6.79. The smallest absolute Gasteiger partial charge is 0.228 e. The quantitative estimate of drug-likeness (QED) is 0.717. The van der Waals surface area contributed by atoms with Crippen LogP contribution in [0.25, 0.3) is 0 Å². The van der Waals surface area contributed by atoms with E-state index in [1.54, 1.807) is 18.3 Å². The van der Waals surface area contributed by atoms with Crippen molar-refractivity contribution in [2.75, 3.05) is 5.32 Å². The van der Waals surface area contributed by atoms with Gasteiger partial charge in [-0.2, -0.15) is 0 Å². The van der Waals surface area contributed by atoms with Gasteiger partial charge in [0.25, 0.3) is 0 Å². The molecule has 0 unspecified atom stereocenters. The number of aromatic nitrogens is 1. The zero-order valence-electron chi connectivity index (χ0n) is 8.24. The number of nitrogens with zero attached hydrogens (tertiary/aromatic N) is 1. The van der Waals surface area contributed by atoms with Crippen LogP contribution in [0.5, 0.6) is 0 Å². The van der Waals surface area contributed by atoms with Gasteiger partial charge in [0.1, 0.15) is 5.82 Å². The highest BCUT2D eigenvalue weighted by Gasteiger charge is 2.07. The van der Waals surface area contributed by atoms with E-state index in [-0.39, 0.29) is 11.8 Å². The number of rotatable bonds is 2. The van der Waals surface area contributed by atoms with Crippen LogP contribution < -0.4 is 5.32 Å². The van der Waals surface area contributed by atoms with Crippen molar-refractivity contribution in [2.45, 2.75) is 13.8 Å². The number of anilines is 1. The molecule has 0 aliphatic rings. The van der Waals surface area contributed by atoms with Crippen molar-refractivity contribution in [2.24, 2.45) is 5.92 Å². The van der Waals surface area contributed by atoms with E-state index < -0.39 is 0 Å². The molecule has 0 aliphatic heterocycles. The molecule has 14 heavy (non-hydrogen) atoms. The van der Waals surface area contributed by atoms with Gasteiger partial charge in [-0.25, -0.2) is 4.98 Å². The third-order valence-corrected chi connectivity index (χ3v) is 1.70. The van der Waals surface area contributed by atoms with E-state index in [2.05, 4.69) is 16.2 Å². The Bertz CT molecular complexity index is 377. The molecule has 0 fully saturated rings. The van der Waals surface area contributed by atoms with Crippen molar-refractivity contribution in [1.29, 1.82) is 0 Å². The van der Waals surface area contributed by atoms with Crippen molar-refractivity contribution >= 4 is 11.7 Å². The maximum Gasteiger partial charge on any atom is 0.228 e. The third-order valence-electron chi connectivity index (χ3n) is 1.70. The summed E-state index contributed by atoms with van der Waals surface area (Å²) >= 11 is 0. The fraction of sp³-hybridized carbons (Fsp3) is 0.273. The fourth-order valence-electron chi connectivity index (χ4n) is 0.859. The van der Waals surface area contributed by atoms with Crippen molar-refractivity contribution in [3.05, 3.63) is 23.9 Å². The number of nitrogens with one attached hydrogen (secondary N) is 1. The summed E-state index contributed by atoms with van der Waals surface area (Å²) in [5.41, 5.74) is 0.707. The molecule has 3 nitrogen and oxygen atoms in total. The van der Waals surface area contributed by atoms with Crippen LogP contribution in [0, 0.1) is 18.3 Å². The molecule has 1 amide bonds. The van der Waals surface area contributed by atoms with Crippen molar-refractivity contribution in [3.8, 4) is 12.3 Å². The molecule has 1 aromatic heterocycles. The van der Waals surface area contributed by atoms with Crippen LogP contribution in [0.1, 0.15) is 19.4 Å². The zero-order chi connectivity index (χ0) is 10.6. The summed E-state index contributed by atoms with van der Waals surface area (Å²) in [5, 5.41) is 2.67. The molecule has 0 aromatic carbocycles. The van der Waals surface area contributed by atoms with Crippen LogP contribution >= 0.6 is 0 Å². The van der Waals surface area contributed by atoms with Crippen LogP contribution in [0.15, 0.2) is 18.3 Å². The molecule has 0 saturated carbocycles. The Morgan fingerprint density at radius 3 is 2.93 bits per heavy atom. The Morgan fingerprint density at radius 2 is 2.36 bits per heavy atom. The summed E-state index contributed by atoms with van der Waals surface area (Å²) in [7, 11) is 0. The van der Waals surface area contributed by atoms with Gasteiger partial charge in [-0.15, -0.1) is 6.42 Å². The molecule has 1 heterocycles. The number of pyridine rings is 1. The highest BCUT2D eigenvalue weighted by atomic mass is 16.1. The Labute approximate surface area is 83.6 Å². The Hall–Kier alpha value is -1.82. The average Bonchev–Trinajstić information content (AvgIpc) is 2.18. The maximum absolute atomic E-state index is 11.3. The predicted octanol–water partition coefficient (Wildman–Crippen LogP) is 1.66. The first kappa shape index (κ1) is 10.3. The van der Waals surface area contributed by atoms with E-state index in [0.717, 1.165) is 0 Å². The molecule has 0 spiro atoms. The van der Waals surface area contributed by atoms with Crippen LogP contribution in [0.2, 0.25) is 0 Å². The standard InChI is InChI=1S/C11H12N2O/c1-4-9-5-6-12-10(7-9)13-11(14)8(2)3/h1,5-8H,2-3H3,(H,12,13,14). The van der Waals surface area contributed by atoms with Gasteiger partial charge in [-0.3, -0.25) is 4.79 Å². The second-order valence-electron chi connectivity index (χ2n) is 3.22. The van der Waals surface area contributed by atoms with E-state index in [0.29, 0.717) is 11.4 Å². The van der Waals surface area contributed by atoms with Crippen molar-refractivity contribution in [3.63, 3.8) is 0 Å². The molecule has 0 atom stereocenters. The lowest BCUT2D eigenvalue weighted by Gasteiger charge is -2.06. The topological polar surface area (TPSA) is 42.0 Å². The fourth-order valence-corrected chi connectivity index (χ4v) is 0.859. The monoisotopic (exact) mass is 188 g/mol. The van der Waals surface area contributed by atoms with Gasteiger partial charge < -0.3 is 5.32 Å². The minimum atomic E-state index is -0.0636. The number of hydrogen-bond acceptors (Lipinski definition) is 2. The van der Waals surface area contributed by atoms with Gasteiger partial charge in [0.05, 0.1) is 0 Å². The van der Waals surface area contributed by atoms with Gasteiger partial charge in [0.2, 0.25) is 5.91 Å². The van der Waals surface area contributed by atoms with Crippen LogP contribution in [-0.4, -0.2) is 10.9 Å². The number of carbonyl (C=O) groups excluding carboxylic acids is 1. The largest absolute Gasteiger partial charge is 0.310 e. The zero-order valence-corrected chi connectivity index (χ0v) is 8.24. The first-order valence-corrected chi connectivity index (χ1v) is 4.37. The SMILES string of the molecule is C#Cc1ccnc(NC(=O)C(C)C)c1. The van der Waals surface area contributed by atoms with E-state index in [4.69, 9.17) is 6.42 Å². The molecule has 1 N–H and O–H groups in total. The van der Waals surface area contributed by atoms with Gasteiger partial charge in [0.15, 0.2) is 0 Å². The number of carbonyl (C=O) groups is 1. The molecule has 0 saturated heterocycles. The Morgan fingerprint density at radius 1 is 1.64 bits per heavy atom. The van der Waals surface area contributed by atoms with Crippen molar-refractivity contribution in [1.82, 2.24) is 4.98 Å². The van der Waals surface area contributed by atoms with Crippen LogP contribution in [-0.2, 0) is 4.79 Å². The predicted molar refractivity (Wildman–Crippen MR) is 55.6 cm³/mol. The Balaban J connectivity index is 2.78. The van der Waals surface area contributed by atoms with Gasteiger partial charge >= 0.3 is 0 Å². The second-order valence-corrected chi connectivity index (χ2v) is 3.22. The van der Waals surface area contributed by atoms with Gasteiger partial charge in [-0.05, 0) is 12.1 Å². The van der Waals surface area contributed by atoms with Gasteiger partial charge in [-0.1, -0.05) is 19.8 Å². The first-order chi connectivity index (χ1) is 6.63. The number of hydrogen-bond donors (Lipinski definition) is 1. The highest BCUT2D eigenvalue weighted by molar-refractivity contribution is 5.91. The molecule has 0 aliphatic carbocycles. The molecular formula is C11H12N2O. The third kappa shape index (κ3) is 2.60. The summed E-state index contributed by atoms with van der Waals surface area (Å²) in [6.45, 7) is 3.64. The lowest BCUT2D eigenvalue weighted by atomic mass is 10.2. The van der Waals surface area contributed by atoms with Crippen LogP contribution in [0.4, 0.5) is 5.82 Å². The van der Waals surface area contributed by atoms with E-state index in [1.165, 1.54) is 0 Å². The minimum Gasteiger partial charge on any atom is -0.310 e. The first-order valence-electron chi connectivity index (χ1n) is 4.37. The summed E-state index contributed by atoms with van der Waals surface area (Å²) in [4.78, 5) is 15.3. The summed E-state index contributed by atoms with van der Waals surface area (Å²) < 4.78 is 0. The minimum absolute atomic E-state index is 0.0633. The summed E-state index contributed by atoms with van der Waals surface area (Å²) in [5.74, 6) is 2.85. The molecule has 1 rings (SSSR count). The van der Waals surface area contributed by atoms with Crippen molar-refractivity contribution < 1.29 is 4.79 Å². The van der Waals surface area contributed by atoms with E-state index in [9.17, 15) is 4.79 Å². The molecule has 72 valence electrons. The highest BCUT2D eigenvalue weighted by Crippen LogP contribution is 2.07. The average molecular weight is 188 g/mol. The second kappa shape index (κ2) is 4.43. The number of terminal acetylenes is 1. The Kier molecular flexibility index (Phi) is 3.24. The number of amides is 1. The molecule has 0 bridgehead atoms. The molecular weight excluding hydrogens is 176 g/mol. The summed E-state index contributed by atoms with van der Waals surface area (Å²) in [6, 6.07) is 3.38. The van der Waals surface area contributed by atoms with E-state index in [1.807, 2.05) is 13.8 Å². The molecule has 1 aromatic rings. The lowest BCUT2D eigenvalue weighted by Crippen LogP contribution is -2.18. The maximum atomic E-state index is 11.3. The van der Waals surface area contributed by atoms with Gasteiger partial charge in [0, 0.05) is 17.7 Å². The lowest BCUT2D eigenvalue weighted by molar-refractivity contribution is -0.118. The molecule has 0 radical (unpaired) electrons. The normalized spacial score (nSPS) is 9.57.